The molecule has 0 spiro atoms. The quantitative estimate of drug-likeness (QED) is 0.653. The topological polar surface area (TPSA) is 72.3 Å². The molecule has 0 atom stereocenters. The largest absolute Gasteiger partial charge is 0.497 e. The van der Waals surface area contributed by atoms with Crippen molar-refractivity contribution in [3.05, 3.63) is 36.0 Å². The third-order valence-corrected chi connectivity index (χ3v) is 3.60. The Hall–Kier alpha value is -2.08. The molecule has 1 aromatic carbocycles. The molecule has 1 N–H and O–H groups in total. The Labute approximate surface area is 127 Å². The van der Waals surface area contributed by atoms with Crippen LogP contribution in [0.25, 0.3) is 11.3 Å². The minimum Gasteiger partial charge on any atom is -0.497 e. The van der Waals surface area contributed by atoms with E-state index in [1.54, 1.807) is 7.11 Å². The summed E-state index contributed by atoms with van der Waals surface area (Å²) in [6.45, 7) is 1.90. The van der Waals surface area contributed by atoms with E-state index in [9.17, 15) is 4.79 Å². The molecule has 0 aliphatic heterocycles. The Balaban J connectivity index is 2.23. The lowest BCUT2D eigenvalue weighted by molar-refractivity contribution is -0.136. The molecule has 0 fully saturated rings. The van der Waals surface area contributed by atoms with Gasteiger partial charge >= 0.3 is 5.97 Å². The van der Waals surface area contributed by atoms with Crippen molar-refractivity contribution >= 4 is 17.7 Å². The highest BCUT2D eigenvalue weighted by molar-refractivity contribution is 7.99. The number of hydrogen-bond acceptors (Lipinski definition) is 5. The number of carbonyl (C=O) groups is 1. The van der Waals surface area contributed by atoms with E-state index in [2.05, 4.69) is 9.97 Å². The first-order valence-corrected chi connectivity index (χ1v) is 7.42. The van der Waals surface area contributed by atoms with Crippen LogP contribution in [0.2, 0.25) is 0 Å². The summed E-state index contributed by atoms with van der Waals surface area (Å²) < 4.78 is 5.21. The number of rotatable bonds is 6. The molecule has 5 nitrogen and oxygen atoms in total. The third-order valence-electron chi connectivity index (χ3n) is 2.75. The fourth-order valence-electron chi connectivity index (χ4n) is 1.77. The summed E-state index contributed by atoms with van der Waals surface area (Å²) in [5.74, 6) is 0.406. The predicted octanol–water partition coefficient (Wildman–Crippen LogP) is 3.03. The molecule has 1 heterocycles. The van der Waals surface area contributed by atoms with Crippen LogP contribution in [0.3, 0.4) is 0 Å². The van der Waals surface area contributed by atoms with E-state index in [4.69, 9.17) is 9.84 Å². The summed E-state index contributed by atoms with van der Waals surface area (Å²) in [7, 11) is 1.62. The summed E-state index contributed by atoms with van der Waals surface area (Å²) in [5.41, 5.74) is 2.60. The molecule has 0 aliphatic carbocycles. The molecule has 0 amide bonds. The van der Waals surface area contributed by atoms with E-state index in [0.29, 0.717) is 10.9 Å². The Morgan fingerprint density at radius 3 is 2.86 bits per heavy atom. The number of aryl methyl sites for hydroxylation is 1. The van der Waals surface area contributed by atoms with Crippen molar-refractivity contribution in [2.75, 3.05) is 12.9 Å². The highest BCUT2D eigenvalue weighted by Crippen LogP contribution is 2.25. The van der Waals surface area contributed by atoms with Gasteiger partial charge in [0, 0.05) is 17.0 Å². The van der Waals surface area contributed by atoms with E-state index < -0.39 is 5.97 Å². The van der Waals surface area contributed by atoms with Crippen molar-refractivity contribution in [3.8, 4) is 17.0 Å². The van der Waals surface area contributed by atoms with Crippen LogP contribution in [-0.2, 0) is 4.79 Å². The molecular formula is C15H16N2O3S. The normalized spacial score (nSPS) is 10.4. The summed E-state index contributed by atoms with van der Waals surface area (Å²) >= 11 is 1.35. The molecule has 1 aromatic heterocycles. The van der Waals surface area contributed by atoms with Gasteiger partial charge in [-0.1, -0.05) is 23.9 Å². The zero-order valence-corrected chi connectivity index (χ0v) is 12.7. The van der Waals surface area contributed by atoms with Crippen molar-refractivity contribution in [3.63, 3.8) is 0 Å². The van der Waals surface area contributed by atoms with E-state index >= 15 is 0 Å². The Morgan fingerprint density at radius 1 is 1.33 bits per heavy atom. The molecule has 21 heavy (non-hydrogen) atoms. The summed E-state index contributed by atoms with van der Waals surface area (Å²) in [6.07, 6.45) is 0.0937. The second kappa shape index (κ2) is 7.08. The maximum atomic E-state index is 10.5. The summed E-state index contributed by atoms with van der Waals surface area (Å²) in [5, 5.41) is 9.26. The minimum absolute atomic E-state index is 0.0937. The zero-order chi connectivity index (χ0) is 15.2. The van der Waals surface area contributed by atoms with Gasteiger partial charge in [-0.2, -0.15) is 0 Å². The highest BCUT2D eigenvalue weighted by atomic mass is 32.2. The lowest BCUT2D eigenvalue weighted by atomic mass is 10.1. The molecule has 6 heteroatoms. The average Bonchev–Trinajstić information content (AvgIpc) is 2.46. The first-order valence-electron chi connectivity index (χ1n) is 6.43. The predicted molar refractivity (Wildman–Crippen MR) is 81.7 cm³/mol. The van der Waals surface area contributed by atoms with Gasteiger partial charge in [-0.25, -0.2) is 9.97 Å². The van der Waals surface area contributed by atoms with Crippen LogP contribution >= 0.6 is 11.8 Å². The number of aromatic nitrogens is 2. The van der Waals surface area contributed by atoms with Gasteiger partial charge < -0.3 is 9.84 Å². The lowest BCUT2D eigenvalue weighted by Gasteiger charge is -2.07. The van der Waals surface area contributed by atoms with E-state index in [1.807, 2.05) is 37.3 Å². The highest BCUT2D eigenvalue weighted by Gasteiger charge is 2.07. The van der Waals surface area contributed by atoms with Gasteiger partial charge in [0.25, 0.3) is 0 Å². The Morgan fingerprint density at radius 2 is 2.14 bits per heavy atom. The van der Waals surface area contributed by atoms with Crippen LogP contribution in [-0.4, -0.2) is 33.9 Å². The summed E-state index contributed by atoms with van der Waals surface area (Å²) in [4.78, 5) is 19.4. The van der Waals surface area contributed by atoms with Gasteiger partial charge in [0.05, 0.1) is 19.2 Å². The average molecular weight is 304 g/mol. The van der Waals surface area contributed by atoms with Crippen molar-refractivity contribution in [1.82, 2.24) is 9.97 Å². The number of aliphatic carboxylic acids is 1. The second-order valence-electron chi connectivity index (χ2n) is 4.40. The van der Waals surface area contributed by atoms with Gasteiger partial charge in [-0.05, 0) is 25.1 Å². The van der Waals surface area contributed by atoms with Crippen LogP contribution in [0.5, 0.6) is 5.75 Å². The number of thioether (sulfide) groups is 1. The van der Waals surface area contributed by atoms with Gasteiger partial charge in [0.2, 0.25) is 0 Å². The molecular weight excluding hydrogens is 288 g/mol. The van der Waals surface area contributed by atoms with Gasteiger partial charge in [0.15, 0.2) is 5.16 Å². The molecule has 0 saturated carbocycles. The fourth-order valence-corrected chi connectivity index (χ4v) is 2.60. The molecule has 0 radical (unpaired) electrons. The minimum atomic E-state index is -0.817. The van der Waals surface area contributed by atoms with Crippen molar-refractivity contribution in [1.29, 1.82) is 0 Å². The smallest absolute Gasteiger partial charge is 0.304 e. The number of benzene rings is 1. The second-order valence-corrected chi connectivity index (χ2v) is 5.46. The monoisotopic (exact) mass is 304 g/mol. The number of carboxylic acid groups (broad SMARTS) is 1. The maximum Gasteiger partial charge on any atom is 0.304 e. The number of hydrogen-bond donors (Lipinski definition) is 1. The third kappa shape index (κ3) is 4.46. The maximum absolute atomic E-state index is 10.5. The van der Waals surface area contributed by atoms with Crippen LogP contribution in [0, 0.1) is 6.92 Å². The first kappa shape index (κ1) is 15.3. The molecule has 2 aromatic rings. The van der Waals surface area contributed by atoms with E-state index in [0.717, 1.165) is 22.7 Å². The van der Waals surface area contributed by atoms with Crippen molar-refractivity contribution in [2.24, 2.45) is 0 Å². The lowest BCUT2D eigenvalue weighted by Crippen LogP contribution is -1.98. The molecule has 0 aliphatic rings. The Bertz CT molecular complexity index is 647. The molecule has 2 rings (SSSR count). The van der Waals surface area contributed by atoms with E-state index in [1.165, 1.54) is 11.8 Å². The van der Waals surface area contributed by atoms with Crippen LogP contribution in [0.4, 0.5) is 0 Å². The zero-order valence-electron chi connectivity index (χ0n) is 11.9. The molecule has 110 valence electrons. The molecule has 0 unspecified atom stereocenters. The SMILES string of the molecule is COc1cccc(-c2cc(C)nc(SCCC(=O)O)n2)c1. The number of methoxy groups -OCH3 is 1. The molecule has 0 saturated heterocycles. The van der Waals surface area contributed by atoms with Crippen molar-refractivity contribution < 1.29 is 14.6 Å². The number of ether oxygens (including phenoxy) is 1. The van der Waals surface area contributed by atoms with Gasteiger partial charge in [-0.15, -0.1) is 0 Å². The van der Waals surface area contributed by atoms with Gasteiger partial charge in [-0.3, -0.25) is 4.79 Å². The van der Waals surface area contributed by atoms with Crippen LogP contribution < -0.4 is 4.74 Å². The first-order chi connectivity index (χ1) is 10.1. The Kier molecular flexibility index (Phi) is 5.16. The van der Waals surface area contributed by atoms with Crippen LogP contribution in [0.15, 0.2) is 35.5 Å². The number of carboxylic acids is 1. The van der Waals surface area contributed by atoms with E-state index in [-0.39, 0.29) is 6.42 Å². The fraction of sp³-hybridized carbons (Fsp3) is 0.267. The van der Waals surface area contributed by atoms with Gasteiger partial charge in [0.1, 0.15) is 5.75 Å². The van der Waals surface area contributed by atoms with Crippen LogP contribution in [0.1, 0.15) is 12.1 Å². The summed E-state index contributed by atoms with van der Waals surface area (Å²) in [6, 6.07) is 9.54. The number of nitrogens with zero attached hydrogens (tertiary/aromatic N) is 2. The molecule has 0 bridgehead atoms. The van der Waals surface area contributed by atoms with Crippen molar-refractivity contribution in [2.45, 2.75) is 18.5 Å². The standard InChI is InChI=1S/C15H16N2O3S/c1-10-8-13(11-4-3-5-12(9-11)20-2)17-15(16-10)21-7-6-14(18)19/h3-5,8-9H,6-7H2,1-2H3,(H,18,19).